The molecule has 1 fully saturated rings. The van der Waals surface area contributed by atoms with Crippen molar-refractivity contribution < 1.29 is 8.42 Å². The van der Waals surface area contributed by atoms with Crippen molar-refractivity contribution in [2.24, 2.45) is 11.1 Å². The van der Waals surface area contributed by atoms with Gasteiger partial charge < -0.3 is 5.73 Å². The summed E-state index contributed by atoms with van der Waals surface area (Å²) in [6, 6.07) is 7.18. The molecule has 94 valence electrons. The summed E-state index contributed by atoms with van der Waals surface area (Å²) in [4.78, 5) is 0.475. The number of benzene rings is 1. The molecule has 2 N–H and O–H groups in total. The molecule has 0 heterocycles. The van der Waals surface area contributed by atoms with E-state index >= 15 is 0 Å². The van der Waals surface area contributed by atoms with Gasteiger partial charge in [0.05, 0.1) is 10.6 Å². The summed E-state index contributed by atoms with van der Waals surface area (Å²) in [5.74, 6) is 0.252. The van der Waals surface area contributed by atoms with Crippen molar-refractivity contribution in [2.75, 3.05) is 12.3 Å². The van der Waals surface area contributed by atoms with Crippen LogP contribution < -0.4 is 5.73 Å². The molecule has 2 rings (SSSR count). The molecule has 1 aromatic rings. The Morgan fingerprint density at radius 1 is 1.29 bits per heavy atom. The van der Waals surface area contributed by atoms with Crippen LogP contribution in [0.2, 0.25) is 0 Å². The van der Waals surface area contributed by atoms with E-state index in [0.29, 0.717) is 11.4 Å². The summed E-state index contributed by atoms with van der Waals surface area (Å²) >= 11 is 0. The van der Waals surface area contributed by atoms with Gasteiger partial charge in [0, 0.05) is 0 Å². The fourth-order valence-electron chi connectivity index (χ4n) is 2.34. The molecular weight excluding hydrogens is 234 g/mol. The van der Waals surface area contributed by atoms with Gasteiger partial charge in [-0.15, -0.1) is 0 Å². The predicted octanol–water partition coefficient (Wildman–Crippen LogP) is 1.90. The van der Waals surface area contributed by atoms with Crippen LogP contribution in [0.1, 0.15) is 24.8 Å². The Bertz CT molecular complexity index is 504. The maximum absolute atomic E-state index is 12.3. The van der Waals surface area contributed by atoms with E-state index in [4.69, 9.17) is 5.73 Å². The average Bonchev–Trinajstić information content (AvgIpc) is 2.97. The molecule has 0 aliphatic heterocycles. The van der Waals surface area contributed by atoms with Gasteiger partial charge in [0.2, 0.25) is 0 Å². The summed E-state index contributed by atoms with van der Waals surface area (Å²) in [7, 11) is -3.16. The Kier molecular flexibility index (Phi) is 3.27. The molecule has 0 radical (unpaired) electrons. The van der Waals surface area contributed by atoms with Crippen LogP contribution in [0.4, 0.5) is 0 Å². The second-order valence-electron chi connectivity index (χ2n) is 5.06. The third-order valence-corrected chi connectivity index (χ3v) is 5.68. The highest BCUT2D eigenvalue weighted by Gasteiger charge is 2.45. The van der Waals surface area contributed by atoms with Crippen molar-refractivity contribution in [1.29, 1.82) is 0 Å². The molecule has 0 aromatic heterocycles. The first kappa shape index (κ1) is 12.6. The fourth-order valence-corrected chi connectivity index (χ4v) is 4.57. The lowest BCUT2D eigenvalue weighted by molar-refractivity contribution is 0.510. The Labute approximate surface area is 103 Å². The predicted molar refractivity (Wildman–Crippen MR) is 68.6 cm³/mol. The van der Waals surface area contributed by atoms with Gasteiger partial charge in [-0.05, 0) is 49.8 Å². The van der Waals surface area contributed by atoms with Gasteiger partial charge in [0.1, 0.15) is 0 Å². The van der Waals surface area contributed by atoms with Gasteiger partial charge in [-0.3, -0.25) is 0 Å². The van der Waals surface area contributed by atoms with E-state index < -0.39 is 9.84 Å². The SMILES string of the molecule is Cc1ccccc1S(=O)(=O)CC1(CCN)CC1. The van der Waals surface area contributed by atoms with Crippen LogP contribution in [0.25, 0.3) is 0 Å². The van der Waals surface area contributed by atoms with Gasteiger partial charge in [-0.1, -0.05) is 18.2 Å². The Hall–Kier alpha value is -0.870. The highest BCUT2D eigenvalue weighted by atomic mass is 32.2. The van der Waals surface area contributed by atoms with Crippen molar-refractivity contribution in [2.45, 2.75) is 31.1 Å². The lowest BCUT2D eigenvalue weighted by Crippen LogP contribution is -2.21. The second kappa shape index (κ2) is 4.42. The smallest absolute Gasteiger partial charge is 0.179 e. The molecule has 0 atom stereocenters. The van der Waals surface area contributed by atoms with Crippen LogP contribution in [0.15, 0.2) is 29.2 Å². The molecule has 17 heavy (non-hydrogen) atoms. The Morgan fingerprint density at radius 2 is 1.94 bits per heavy atom. The van der Waals surface area contributed by atoms with Crippen molar-refractivity contribution in [1.82, 2.24) is 0 Å². The van der Waals surface area contributed by atoms with Crippen LogP contribution in [0.5, 0.6) is 0 Å². The average molecular weight is 253 g/mol. The minimum Gasteiger partial charge on any atom is -0.330 e. The van der Waals surface area contributed by atoms with E-state index in [-0.39, 0.29) is 11.2 Å². The topological polar surface area (TPSA) is 60.2 Å². The molecule has 1 aliphatic rings. The molecule has 0 spiro atoms. The normalized spacial score (nSPS) is 18.0. The van der Waals surface area contributed by atoms with Gasteiger partial charge in [0.25, 0.3) is 0 Å². The van der Waals surface area contributed by atoms with E-state index in [9.17, 15) is 8.42 Å². The van der Waals surface area contributed by atoms with E-state index in [2.05, 4.69) is 0 Å². The Balaban J connectivity index is 2.23. The lowest BCUT2D eigenvalue weighted by Gasteiger charge is -2.15. The maximum atomic E-state index is 12.3. The molecule has 1 saturated carbocycles. The number of aryl methyl sites for hydroxylation is 1. The second-order valence-corrected chi connectivity index (χ2v) is 7.02. The first-order chi connectivity index (χ1) is 7.99. The molecular formula is C13H19NO2S. The van der Waals surface area contributed by atoms with Crippen LogP contribution in [0.3, 0.4) is 0 Å². The zero-order chi connectivity index (χ0) is 12.5. The monoisotopic (exact) mass is 253 g/mol. The van der Waals surface area contributed by atoms with Crippen LogP contribution >= 0.6 is 0 Å². The number of sulfone groups is 1. The Morgan fingerprint density at radius 3 is 2.47 bits per heavy atom. The molecule has 1 aromatic carbocycles. The number of hydrogen-bond donors (Lipinski definition) is 1. The first-order valence-electron chi connectivity index (χ1n) is 5.98. The highest BCUT2D eigenvalue weighted by Crippen LogP contribution is 2.50. The minimum atomic E-state index is -3.16. The quantitative estimate of drug-likeness (QED) is 0.872. The van der Waals surface area contributed by atoms with Crippen molar-refractivity contribution >= 4 is 9.84 Å². The molecule has 0 saturated heterocycles. The van der Waals surface area contributed by atoms with Gasteiger partial charge in [-0.25, -0.2) is 8.42 Å². The largest absolute Gasteiger partial charge is 0.330 e. The van der Waals surface area contributed by atoms with E-state index in [1.807, 2.05) is 19.1 Å². The third-order valence-electron chi connectivity index (χ3n) is 3.56. The van der Waals surface area contributed by atoms with Crippen LogP contribution in [-0.2, 0) is 9.84 Å². The molecule has 3 nitrogen and oxygen atoms in total. The van der Waals surface area contributed by atoms with Crippen molar-refractivity contribution in [3.63, 3.8) is 0 Å². The summed E-state index contributed by atoms with van der Waals surface area (Å²) in [5, 5.41) is 0. The highest BCUT2D eigenvalue weighted by molar-refractivity contribution is 7.91. The molecule has 4 heteroatoms. The molecule has 0 amide bonds. The lowest BCUT2D eigenvalue weighted by atomic mass is 10.1. The molecule has 1 aliphatic carbocycles. The van der Waals surface area contributed by atoms with E-state index in [1.54, 1.807) is 12.1 Å². The summed E-state index contributed by atoms with van der Waals surface area (Å²) in [6.45, 7) is 2.42. The summed E-state index contributed by atoms with van der Waals surface area (Å²) < 4.78 is 24.7. The molecule has 0 unspecified atom stereocenters. The standard InChI is InChI=1S/C13H19NO2S/c1-11-4-2-3-5-12(11)17(15,16)10-13(6-7-13)8-9-14/h2-5H,6-10,14H2,1H3. The van der Waals surface area contributed by atoms with Gasteiger partial charge in [0.15, 0.2) is 9.84 Å². The molecule has 0 bridgehead atoms. The minimum absolute atomic E-state index is 0.0319. The maximum Gasteiger partial charge on any atom is 0.179 e. The van der Waals surface area contributed by atoms with Gasteiger partial charge >= 0.3 is 0 Å². The third kappa shape index (κ3) is 2.69. The fraction of sp³-hybridized carbons (Fsp3) is 0.538. The van der Waals surface area contributed by atoms with Crippen LogP contribution in [-0.4, -0.2) is 20.7 Å². The van der Waals surface area contributed by atoms with E-state index in [0.717, 1.165) is 24.8 Å². The van der Waals surface area contributed by atoms with Crippen molar-refractivity contribution in [3.05, 3.63) is 29.8 Å². The number of nitrogens with two attached hydrogens (primary N) is 1. The van der Waals surface area contributed by atoms with Crippen LogP contribution in [0, 0.1) is 12.3 Å². The summed E-state index contributed by atoms with van der Waals surface area (Å²) in [5.41, 5.74) is 6.35. The zero-order valence-corrected chi connectivity index (χ0v) is 11.0. The summed E-state index contributed by atoms with van der Waals surface area (Å²) in [6.07, 6.45) is 2.81. The number of hydrogen-bond acceptors (Lipinski definition) is 3. The zero-order valence-electron chi connectivity index (χ0n) is 10.1. The first-order valence-corrected chi connectivity index (χ1v) is 7.63. The van der Waals surface area contributed by atoms with E-state index in [1.165, 1.54) is 0 Å². The van der Waals surface area contributed by atoms with Gasteiger partial charge in [-0.2, -0.15) is 0 Å². The van der Waals surface area contributed by atoms with Crippen molar-refractivity contribution in [3.8, 4) is 0 Å². The number of rotatable bonds is 5.